The molecule has 4 rings (SSSR count). The maximum absolute atomic E-state index is 12.5. The molecule has 1 aliphatic rings. The minimum atomic E-state index is -0.168. The monoisotopic (exact) mass is 496 g/mol. The number of benzene rings is 3. The topological polar surface area (TPSA) is 67.9 Å². The van der Waals surface area contributed by atoms with Gasteiger partial charge < -0.3 is 19.7 Å². The van der Waals surface area contributed by atoms with E-state index in [0.29, 0.717) is 41.8 Å². The van der Waals surface area contributed by atoms with Gasteiger partial charge in [-0.2, -0.15) is 0 Å². The van der Waals surface area contributed by atoms with Gasteiger partial charge in [0.05, 0.1) is 19.4 Å². The molecule has 1 unspecified atom stereocenters. The van der Waals surface area contributed by atoms with Crippen LogP contribution in [-0.2, 0) is 11.3 Å². The van der Waals surface area contributed by atoms with E-state index in [1.807, 2.05) is 65.6 Å². The second-order valence-corrected chi connectivity index (χ2v) is 9.22. The third-order valence-electron chi connectivity index (χ3n) is 5.41. The number of hydrogen-bond donors (Lipinski definition) is 1. The van der Waals surface area contributed by atoms with Crippen LogP contribution in [0.4, 0.5) is 0 Å². The van der Waals surface area contributed by atoms with Gasteiger partial charge in [-0.1, -0.05) is 35.9 Å². The number of carbonyl (C=O) groups excluding carboxylic acids is 2. The Morgan fingerprint density at radius 3 is 2.38 bits per heavy atom. The van der Waals surface area contributed by atoms with E-state index in [2.05, 4.69) is 5.32 Å². The Morgan fingerprint density at radius 2 is 1.71 bits per heavy atom. The van der Waals surface area contributed by atoms with Crippen LogP contribution in [0.15, 0.2) is 72.8 Å². The van der Waals surface area contributed by atoms with Crippen molar-refractivity contribution < 1.29 is 19.1 Å². The molecule has 3 aromatic carbocycles. The highest BCUT2D eigenvalue weighted by molar-refractivity contribution is 8.00. The summed E-state index contributed by atoms with van der Waals surface area (Å²) in [6.07, 6.45) is 0. The van der Waals surface area contributed by atoms with Crippen molar-refractivity contribution in [1.29, 1.82) is 0 Å². The maximum Gasteiger partial charge on any atom is 0.251 e. The Hall–Kier alpha value is -3.16. The fraction of sp³-hybridized carbons (Fsp3) is 0.231. The Balaban J connectivity index is 1.30. The molecule has 0 aliphatic carbocycles. The van der Waals surface area contributed by atoms with Gasteiger partial charge in [-0.3, -0.25) is 9.59 Å². The number of amides is 2. The molecule has 1 fully saturated rings. The number of nitrogens with zero attached hydrogens (tertiary/aromatic N) is 1. The summed E-state index contributed by atoms with van der Waals surface area (Å²) in [7, 11) is 1.61. The summed E-state index contributed by atoms with van der Waals surface area (Å²) in [5.74, 6) is 1.85. The number of nitrogens with one attached hydrogen (secondary N) is 1. The van der Waals surface area contributed by atoms with Crippen molar-refractivity contribution in [1.82, 2.24) is 10.2 Å². The van der Waals surface area contributed by atoms with Gasteiger partial charge in [-0.15, -0.1) is 11.8 Å². The number of rotatable bonds is 9. The van der Waals surface area contributed by atoms with E-state index < -0.39 is 0 Å². The second kappa shape index (κ2) is 11.3. The molecule has 1 saturated heterocycles. The normalized spacial score (nSPS) is 15.3. The lowest BCUT2D eigenvalue weighted by Crippen LogP contribution is -2.28. The molecule has 3 aromatic rings. The first-order chi connectivity index (χ1) is 16.5. The lowest BCUT2D eigenvalue weighted by atomic mass is 10.1. The van der Waals surface area contributed by atoms with E-state index in [-0.39, 0.29) is 17.2 Å². The van der Waals surface area contributed by atoms with Crippen LogP contribution in [0.3, 0.4) is 0 Å². The highest BCUT2D eigenvalue weighted by Gasteiger charge is 2.32. The lowest BCUT2D eigenvalue weighted by molar-refractivity contribution is -0.128. The van der Waals surface area contributed by atoms with Gasteiger partial charge >= 0.3 is 0 Å². The summed E-state index contributed by atoms with van der Waals surface area (Å²) in [6, 6.07) is 22.2. The summed E-state index contributed by atoms with van der Waals surface area (Å²) in [5.41, 5.74) is 2.58. The van der Waals surface area contributed by atoms with Gasteiger partial charge in [0.25, 0.3) is 5.91 Å². The van der Waals surface area contributed by atoms with Crippen LogP contribution in [0.2, 0.25) is 5.02 Å². The highest BCUT2D eigenvalue weighted by atomic mass is 35.5. The standard InChI is InChI=1S/C26H25ClN2O4S/c1-32-22-10-12-23(13-11-22)33-15-14-28-25(31)19-4-6-20(7-5-19)26-29(24(30)17-34-26)16-18-2-8-21(27)9-3-18/h2-13,26H,14-17H2,1H3,(H,28,31). The fourth-order valence-electron chi connectivity index (χ4n) is 3.59. The van der Waals surface area contributed by atoms with E-state index in [0.717, 1.165) is 16.9 Å². The number of methoxy groups -OCH3 is 1. The van der Waals surface area contributed by atoms with E-state index in [1.54, 1.807) is 31.0 Å². The Labute approximate surface area is 208 Å². The minimum absolute atomic E-state index is 0.0850. The van der Waals surface area contributed by atoms with Gasteiger partial charge in [-0.05, 0) is 59.7 Å². The average molecular weight is 497 g/mol. The molecule has 6 nitrogen and oxygen atoms in total. The molecule has 0 radical (unpaired) electrons. The van der Waals surface area contributed by atoms with Gasteiger partial charge in [0.2, 0.25) is 5.91 Å². The van der Waals surface area contributed by atoms with E-state index in [1.165, 1.54) is 0 Å². The van der Waals surface area contributed by atoms with Crippen LogP contribution < -0.4 is 14.8 Å². The zero-order valence-corrected chi connectivity index (χ0v) is 20.3. The molecule has 176 valence electrons. The predicted molar refractivity (Wildman–Crippen MR) is 134 cm³/mol. The molecule has 1 N–H and O–H groups in total. The van der Waals surface area contributed by atoms with Crippen LogP contribution in [0.25, 0.3) is 0 Å². The molecular weight excluding hydrogens is 472 g/mol. The maximum atomic E-state index is 12.5. The summed E-state index contributed by atoms with van der Waals surface area (Å²) < 4.78 is 10.8. The van der Waals surface area contributed by atoms with Crippen molar-refractivity contribution in [2.75, 3.05) is 26.0 Å². The molecule has 1 heterocycles. The summed E-state index contributed by atoms with van der Waals surface area (Å²) in [6.45, 7) is 1.26. The zero-order valence-electron chi connectivity index (χ0n) is 18.7. The van der Waals surface area contributed by atoms with Gasteiger partial charge in [0.1, 0.15) is 23.5 Å². The van der Waals surface area contributed by atoms with Crippen molar-refractivity contribution in [2.24, 2.45) is 0 Å². The first-order valence-electron chi connectivity index (χ1n) is 10.8. The molecule has 34 heavy (non-hydrogen) atoms. The molecule has 0 spiro atoms. The first kappa shape index (κ1) is 24.0. The van der Waals surface area contributed by atoms with Crippen LogP contribution in [0.5, 0.6) is 11.5 Å². The van der Waals surface area contributed by atoms with Crippen molar-refractivity contribution in [3.63, 3.8) is 0 Å². The average Bonchev–Trinajstić information content (AvgIpc) is 3.23. The zero-order chi connectivity index (χ0) is 23.9. The van der Waals surface area contributed by atoms with Crippen LogP contribution in [-0.4, -0.2) is 42.7 Å². The van der Waals surface area contributed by atoms with E-state index >= 15 is 0 Å². The number of ether oxygens (including phenoxy) is 2. The van der Waals surface area contributed by atoms with E-state index in [4.69, 9.17) is 21.1 Å². The predicted octanol–water partition coefficient (Wildman–Crippen LogP) is 4.93. The Bertz CT molecular complexity index is 1120. The molecule has 0 bridgehead atoms. The smallest absolute Gasteiger partial charge is 0.251 e. The van der Waals surface area contributed by atoms with Crippen molar-refractivity contribution in [2.45, 2.75) is 11.9 Å². The van der Waals surface area contributed by atoms with Gasteiger partial charge in [0, 0.05) is 17.1 Å². The number of hydrogen-bond acceptors (Lipinski definition) is 5. The second-order valence-electron chi connectivity index (χ2n) is 7.71. The van der Waals surface area contributed by atoms with Gasteiger partial charge in [-0.25, -0.2) is 0 Å². The molecule has 2 amide bonds. The quantitative estimate of drug-likeness (QED) is 0.425. The van der Waals surface area contributed by atoms with Crippen LogP contribution in [0.1, 0.15) is 26.9 Å². The largest absolute Gasteiger partial charge is 0.497 e. The number of carbonyl (C=O) groups is 2. The minimum Gasteiger partial charge on any atom is -0.497 e. The lowest BCUT2D eigenvalue weighted by Gasteiger charge is -2.24. The molecule has 1 aliphatic heterocycles. The summed E-state index contributed by atoms with van der Waals surface area (Å²) >= 11 is 7.56. The van der Waals surface area contributed by atoms with Crippen LogP contribution >= 0.6 is 23.4 Å². The Kier molecular flexibility index (Phi) is 7.98. The highest BCUT2D eigenvalue weighted by Crippen LogP contribution is 2.39. The summed E-state index contributed by atoms with van der Waals surface area (Å²) in [5, 5.41) is 3.45. The fourth-order valence-corrected chi connectivity index (χ4v) is 4.91. The molecule has 0 saturated carbocycles. The molecular formula is C26H25ClN2O4S. The Morgan fingerprint density at radius 1 is 1.03 bits per heavy atom. The van der Waals surface area contributed by atoms with Crippen molar-refractivity contribution >= 4 is 35.2 Å². The third-order valence-corrected chi connectivity index (χ3v) is 6.92. The number of thioether (sulfide) groups is 1. The molecule has 8 heteroatoms. The SMILES string of the molecule is COc1ccc(OCCNC(=O)c2ccc(C3SCC(=O)N3Cc3ccc(Cl)cc3)cc2)cc1. The van der Waals surface area contributed by atoms with Crippen LogP contribution in [0, 0.1) is 0 Å². The van der Waals surface area contributed by atoms with Gasteiger partial charge in [0.15, 0.2) is 0 Å². The van der Waals surface area contributed by atoms with E-state index in [9.17, 15) is 9.59 Å². The third kappa shape index (κ3) is 6.04. The summed E-state index contributed by atoms with van der Waals surface area (Å²) in [4.78, 5) is 26.8. The van der Waals surface area contributed by atoms with Crippen molar-refractivity contribution in [3.8, 4) is 11.5 Å². The number of halogens is 1. The first-order valence-corrected chi connectivity index (χ1v) is 12.3. The van der Waals surface area contributed by atoms with Crippen molar-refractivity contribution in [3.05, 3.63) is 94.5 Å². The molecule has 1 atom stereocenters. The molecule has 0 aromatic heterocycles.